The van der Waals surface area contributed by atoms with Crippen molar-refractivity contribution in [3.63, 3.8) is 0 Å². The van der Waals surface area contributed by atoms with Crippen LogP contribution in [0.25, 0.3) is 49.3 Å². The average Bonchev–Trinajstić information content (AvgIpc) is 3.62. The highest BCUT2D eigenvalue weighted by Gasteiger charge is 2.32. The van der Waals surface area contributed by atoms with Crippen LogP contribution in [0.15, 0.2) is 132 Å². The zero-order valence-corrected chi connectivity index (χ0v) is 22.2. The Morgan fingerprint density at radius 2 is 1.38 bits per heavy atom. The second-order valence-electron chi connectivity index (χ2n) is 10.8. The Kier molecular flexibility index (Phi) is 4.53. The molecule has 186 valence electrons. The van der Waals surface area contributed by atoms with Crippen LogP contribution in [-0.2, 0) is 0 Å². The van der Waals surface area contributed by atoms with Gasteiger partial charge in [-0.1, -0.05) is 85.0 Å². The molecule has 9 rings (SSSR count). The second kappa shape index (κ2) is 8.14. The molecule has 6 aromatic rings. The summed E-state index contributed by atoms with van der Waals surface area (Å²) in [7, 11) is 0. The van der Waals surface area contributed by atoms with Crippen LogP contribution in [-0.4, -0.2) is 14.4 Å². The van der Waals surface area contributed by atoms with Gasteiger partial charge in [0.2, 0.25) is 0 Å². The Morgan fingerprint density at radius 1 is 0.615 bits per heavy atom. The number of para-hydroxylation sites is 2. The van der Waals surface area contributed by atoms with Gasteiger partial charge in [0.05, 0.1) is 22.6 Å². The van der Waals surface area contributed by atoms with Gasteiger partial charge in [-0.05, 0) is 54.4 Å². The lowest BCUT2D eigenvalue weighted by Gasteiger charge is -2.18. The maximum absolute atomic E-state index is 2.55. The lowest BCUT2D eigenvalue weighted by atomic mass is 9.91. The summed E-state index contributed by atoms with van der Waals surface area (Å²) in [5.74, 6) is 0.450. The van der Waals surface area contributed by atoms with Crippen LogP contribution in [0.5, 0.6) is 0 Å². The van der Waals surface area contributed by atoms with E-state index in [2.05, 4.69) is 137 Å². The maximum atomic E-state index is 2.55. The number of rotatable bonds is 2. The first-order valence-electron chi connectivity index (χ1n) is 13.8. The predicted octanol–water partition coefficient (Wildman–Crippen LogP) is 9.63. The monoisotopic (exact) mass is 518 g/mol. The van der Waals surface area contributed by atoms with Crippen molar-refractivity contribution in [3.05, 3.63) is 133 Å². The molecular weight excluding hydrogens is 492 g/mol. The molecule has 3 unspecified atom stereocenters. The average molecular weight is 519 g/mol. The molecule has 0 radical (unpaired) electrons. The van der Waals surface area contributed by atoms with Crippen molar-refractivity contribution in [2.75, 3.05) is 0 Å². The van der Waals surface area contributed by atoms with Crippen LogP contribution in [0.1, 0.15) is 23.9 Å². The highest BCUT2D eigenvalue weighted by Crippen LogP contribution is 2.51. The van der Waals surface area contributed by atoms with E-state index in [9.17, 15) is 0 Å². The van der Waals surface area contributed by atoms with Gasteiger partial charge in [0.15, 0.2) is 0 Å². The van der Waals surface area contributed by atoms with E-state index in [4.69, 9.17) is 0 Å². The van der Waals surface area contributed by atoms with Gasteiger partial charge in [0, 0.05) is 48.8 Å². The van der Waals surface area contributed by atoms with Crippen LogP contribution in [0.3, 0.4) is 0 Å². The van der Waals surface area contributed by atoms with Gasteiger partial charge in [-0.2, -0.15) is 0 Å². The van der Waals surface area contributed by atoms with Crippen molar-refractivity contribution < 1.29 is 0 Å². The zero-order valence-electron chi connectivity index (χ0n) is 21.4. The van der Waals surface area contributed by atoms with Crippen LogP contribution in [0.4, 0.5) is 0 Å². The summed E-state index contributed by atoms with van der Waals surface area (Å²) in [4.78, 5) is 1.41. The summed E-state index contributed by atoms with van der Waals surface area (Å²) < 4.78 is 5.04. The van der Waals surface area contributed by atoms with E-state index in [0.29, 0.717) is 17.2 Å². The lowest BCUT2D eigenvalue weighted by molar-refractivity contribution is 0.648. The number of fused-ring (bicyclic) bond motifs is 9. The Hall–Kier alpha value is -4.21. The highest BCUT2D eigenvalue weighted by atomic mass is 32.2. The van der Waals surface area contributed by atoms with Crippen molar-refractivity contribution in [2.45, 2.75) is 28.5 Å². The molecule has 39 heavy (non-hydrogen) atoms. The van der Waals surface area contributed by atoms with E-state index in [-0.39, 0.29) is 0 Å². The van der Waals surface area contributed by atoms with E-state index in [1.807, 2.05) is 11.8 Å². The molecule has 2 nitrogen and oxygen atoms in total. The number of benzene rings is 4. The fraction of sp³-hybridized carbons (Fsp3) is 0.111. The number of allylic oxidation sites excluding steroid dienone is 7. The van der Waals surface area contributed by atoms with Crippen LogP contribution in [0, 0.1) is 0 Å². The normalized spacial score (nSPS) is 21.5. The molecule has 0 bridgehead atoms. The molecule has 0 saturated heterocycles. The third-order valence-electron chi connectivity index (χ3n) is 8.74. The predicted molar refractivity (Wildman–Crippen MR) is 166 cm³/mol. The van der Waals surface area contributed by atoms with Crippen LogP contribution >= 0.6 is 11.8 Å². The van der Waals surface area contributed by atoms with E-state index < -0.39 is 0 Å². The van der Waals surface area contributed by atoms with E-state index >= 15 is 0 Å². The minimum absolute atomic E-state index is 0.313. The number of hydrogen-bond donors (Lipinski definition) is 0. The quantitative estimate of drug-likeness (QED) is 0.222. The minimum atomic E-state index is 0.313. The first-order valence-corrected chi connectivity index (χ1v) is 14.7. The van der Waals surface area contributed by atoms with Gasteiger partial charge in [-0.15, -0.1) is 11.8 Å². The molecule has 3 atom stereocenters. The SMILES string of the molecule is C1=CCC(n2c3ccccc3c3cc4c5cc6c(cc5n(-c5ccccc5)c4cc32)SC2C=CC=CC62)C=C1. The smallest absolute Gasteiger partial charge is 0.0562 e. The standard InChI is InChI=1S/C36H26N2S/c1-3-11-23(12-4-1)37-31-17-9-7-15-25(31)27-19-28-29-20-30-26-16-8-10-18-35(26)39-36(30)22-34(29)38(33(28)21-32(27)37)24-13-5-2-6-14-24/h1-11,13-23,26,35H,12H2. The number of nitrogens with zero attached hydrogens (tertiary/aromatic N) is 2. The number of aromatic nitrogens is 2. The summed E-state index contributed by atoms with van der Waals surface area (Å²) in [5, 5.41) is 5.83. The maximum Gasteiger partial charge on any atom is 0.0562 e. The molecular formula is C36H26N2S. The van der Waals surface area contributed by atoms with Gasteiger partial charge in [0.1, 0.15) is 0 Å². The molecule has 2 aromatic heterocycles. The first kappa shape index (κ1) is 21.7. The molecule has 0 spiro atoms. The lowest BCUT2D eigenvalue weighted by Crippen LogP contribution is -2.06. The van der Waals surface area contributed by atoms with Crippen molar-refractivity contribution in [1.82, 2.24) is 9.13 Å². The molecule has 3 heteroatoms. The third kappa shape index (κ3) is 3.05. The molecule has 3 aliphatic rings. The van der Waals surface area contributed by atoms with Crippen molar-refractivity contribution >= 4 is 55.4 Å². The van der Waals surface area contributed by atoms with Crippen molar-refractivity contribution in [2.24, 2.45) is 0 Å². The molecule has 1 aliphatic heterocycles. The molecule has 3 heterocycles. The first-order chi connectivity index (χ1) is 19.3. The van der Waals surface area contributed by atoms with Crippen LogP contribution in [0.2, 0.25) is 0 Å². The summed E-state index contributed by atoms with van der Waals surface area (Å²) in [6.45, 7) is 0. The summed E-state index contributed by atoms with van der Waals surface area (Å²) in [6, 6.07) is 30.0. The topological polar surface area (TPSA) is 9.86 Å². The number of hydrogen-bond acceptors (Lipinski definition) is 1. The summed E-state index contributed by atoms with van der Waals surface area (Å²) in [6.07, 6.45) is 19.1. The van der Waals surface area contributed by atoms with Gasteiger partial charge in [-0.25, -0.2) is 0 Å². The molecule has 4 aromatic carbocycles. The molecule has 0 fully saturated rings. The minimum Gasteiger partial charge on any atom is -0.333 e. The molecule has 0 amide bonds. The summed E-state index contributed by atoms with van der Waals surface area (Å²) in [5.41, 5.74) is 7.84. The summed E-state index contributed by atoms with van der Waals surface area (Å²) >= 11 is 2.01. The Bertz CT molecular complexity index is 2080. The fourth-order valence-corrected chi connectivity index (χ4v) is 8.37. The highest BCUT2D eigenvalue weighted by molar-refractivity contribution is 8.00. The molecule has 0 saturated carbocycles. The molecule has 0 N–H and O–H groups in total. The Morgan fingerprint density at radius 3 is 2.28 bits per heavy atom. The van der Waals surface area contributed by atoms with E-state index in [1.165, 1.54) is 59.8 Å². The van der Waals surface area contributed by atoms with Gasteiger partial charge >= 0.3 is 0 Å². The second-order valence-corrected chi connectivity index (χ2v) is 12.1. The molecule has 2 aliphatic carbocycles. The Balaban J connectivity index is 1.42. The van der Waals surface area contributed by atoms with Crippen LogP contribution < -0.4 is 0 Å². The van der Waals surface area contributed by atoms with Gasteiger partial charge in [-0.3, -0.25) is 0 Å². The van der Waals surface area contributed by atoms with Gasteiger partial charge in [0.25, 0.3) is 0 Å². The largest absolute Gasteiger partial charge is 0.333 e. The number of thioether (sulfide) groups is 1. The fourth-order valence-electron chi connectivity index (χ4n) is 7.01. The third-order valence-corrected chi connectivity index (χ3v) is 10.1. The van der Waals surface area contributed by atoms with Crippen molar-refractivity contribution in [1.29, 1.82) is 0 Å². The van der Waals surface area contributed by atoms with E-state index in [1.54, 1.807) is 0 Å². The zero-order chi connectivity index (χ0) is 25.5. The Labute approximate surface area is 231 Å². The van der Waals surface area contributed by atoms with Crippen molar-refractivity contribution in [3.8, 4) is 5.69 Å². The van der Waals surface area contributed by atoms with Gasteiger partial charge < -0.3 is 9.13 Å². The van der Waals surface area contributed by atoms with E-state index in [0.717, 1.165) is 6.42 Å².